The van der Waals surface area contributed by atoms with Crippen LogP contribution >= 0.6 is 0 Å². The lowest BCUT2D eigenvalue weighted by molar-refractivity contribution is -0.156. The molecule has 0 bridgehead atoms. The highest BCUT2D eigenvalue weighted by molar-refractivity contribution is 6.11. The third-order valence-electron chi connectivity index (χ3n) is 2.49. The fraction of sp³-hybridized carbons (Fsp3) is 0.375. The largest absolute Gasteiger partial charge is 0.481 e. The van der Waals surface area contributed by atoms with Crippen LogP contribution in [0.5, 0.6) is 0 Å². The van der Waals surface area contributed by atoms with Gasteiger partial charge in [0.05, 0.1) is 0 Å². The predicted octanol–water partition coefficient (Wildman–Crippen LogP) is -1.64. The number of aliphatic carboxylic acids is 3. The first kappa shape index (κ1) is 13.4. The zero-order valence-electron chi connectivity index (χ0n) is 8.51. The highest BCUT2D eigenvalue weighted by Crippen LogP contribution is 2.32. The van der Waals surface area contributed by atoms with Crippen LogP contribution in [0, 0.1) is 11.8 Å². The summed E-state index contributed by atoms with van der Waals surface area (Å²) in [5.74, 6) is -11.6. The lowest BCUT2D eigenvalue weighted by atomic mass is 9.90. The zero-order chi connectivity index (χ0) is 14.2. The summed E-state index contributed by atoms with van der Waals surface area (Å²) < 4.78 is 0. The fourth-order valence-corrected chi connectivity index (χ4v) is 1.80. The van der Waals surface area contributed by atoms with Crippen LogP contribution in [0.2, 0.25) is 0 Å². The van der Waals surface area contributed by atoms with E-state index in [1.807, 2.05) is 0 Å². The molecule has 3 unspecified atom stereocenters. The number of carboxylic acids is 3. The number of carbonyl (C=O) groups excluding carboxylic acids is 1. The molecule has 0 radical (unpaired) electrons. The maximum absolute atomic E-state index is 11.5. The minimum atomic E-state index is -2.26. The lowest BCUT2D eigenvalue weighted by Gasteiger charge is -2.17. The number of likely N-dealkylation sites (tertiary alicyclic amines) is 1. The molecule has 10 heteroatoms. The van der Waals surface area contributed by atoms with E-state index in [-0.39, 0.29) is 4.90 Å². The lowest BCUT2D eigenvalue weighted by Crippen LogP contribution is -2.45. The van der Waals surface area contributed by atoms with Gasteiger partial charge in [-0.2, -0.15) is 0 Å². The first-order valence-electron chi connectivity index (χ1n) is 4.44. The molecule has 1 rings (SSSR count). The molecule has 0 spiro atoms. The second kappa shape index (κ2) is 4.31. The van der Waals surface area contributed by atoms with E-state index in [4.69, 9.17) is 20.4 Å². The Bertz CT molecular complexity index is 415. The van der Waals surface area contributed by atoms with Crippen molar-refractivity contribution in [2.75, 3.05) is 0 Å². The number of hydrogen-bond donors (Lipinski definition) is 4. The van der Waals surface area contributed by atoms with E-state index >= 15 is 0 Å². The standard InChI is InChI=1S/C8H7NO9/c10-4-2(6(13)14)1(5(11)12)3(7(15)16)9(4)8(17)18/h1-3H,(H,11,12)(H,13,14)(H,15,16)(H,17,18). The van der Waals surface area contributed by atoms with Crippen molar-refractivity contribution >= 4 is 29.9 Å². The highest BCUT2D eigenvalue weighted by atomic mass is 16.4. The molecule has 1 aliphatic rings. The van der Waals surface area contributed by atoms with Crippen LogP contribution in [0.3, 0.4) is 0 Å². The van der Waals surface area contributed by atoms with E-state index in [0.717, 1.165) is 0 Å². The molecular weight excluding hydrogens is 254 g/mol. The Labute approximate surface area is 98.0 Å². The van der Waals surface area contributed by atoms with Gasteiger partial charge in [-0.15, -0.1) is 0 Å². The molecule has 4 N–H and O–H groups in total. The summed E-state index contributed by atoms with van der Waals surface area (Å²) in [5.41, 5.74) is 0. The van der Waals surface area contributed by atoms with Gasteiger partial charge in [-0.1, -0.05) is 0 Å². The van der Waals surface area contributed by atoms with Crippen molar-refractivity contribution in [1.82, 2.24) is 4.90 Å². The molecule has 10 nitrogen and oxygen atoms in total. The molecule has 1 saturated heterocycles. The van der Waals surface area contributed by atoms with Crippen molar-refractivity contribution in [2.45, 2.75) is 6.04 Å². The first-order valence-corrected chi connectivity index (χ1v) is 4.44. The van der Waals surface area contributed by atoms with Gasteiger partial charge in [-0.05, 0) is 0 Å². The number of carboxylic acid groups (broad SMARTS) is 4. The maximum atomic E-state index is 11.5. The van der Waals surface area contributed by atoms with Gasteiger partial charge in [-0.25, -0.2) is 14.5 Å². The van der Waals surface area contributed by atoms with Crippen molar-refractivity contribution < 1.29 is 44.4 Å². The predicted molar refractivity (Wildman–Crippen MR) is 48.5 cm³/mol. The molecule has 98 valence electrons. The molecule has 2 amide bonds. The molecule has 3 atom stereocenters. The van der Waals surface area contributed by atoms with E-state index in [2.05, 4.69) is 0 Å². The number of hydrogen-bond acceptors (Lipinski definition) is 5. The molecule has 0 aromatic heterocycles. The molecule has 0 saturated carbocycles. The molecule has 18 heavy (non-hydrogen) atoms. The van der Waals surface area contributed by atoms with Crippen molar-refractivity contribution in [3.63, 3.8) is 0 Å². The molecule has 0 aromatic rings. The van der Waals surface area contributed by atoms with Crippen molar-refractivity contribution in [1.29, 1.82) is 0 Å². The van der Waals surface area contributed by atoms with Crippen LogP contribution in [0.1, 0.15) is 0 Å². The normalized spacial score (nSPS) is 27.0. The Balaban J connectivity index is 3.38. The summed E-state index contributed by atoms with van der Waals surface area (Å²) in [6, 6.07) is -2.26. The topological polar surface area (TPSA) is 170 Å². The van der Waals surface area contributed by atoms with E-state index in [1.165, 1.54) is 0 Å². The van der Waals surface area contributed by atoms with Gasteiger partial charge in [0.1, 0.15) is 5.92 Å². The number of rotatable bonds is 3. The van der Waals surface area contributed by atoms with Gasteiger partial charge >= 0.3 is 24.0 Å². The zero-order valence-corrected chi connectivity index (χ0v) is 8.51. The van der Waals surface area contributed by atoms with Crippen molar-refractivity contribution in [3.8, 4) is 0 Å². The smallest absolute Gasteiger partial charge is 0.414 e. The van der Waals surface area contributed by atoms with E-state index < -0.39 is 47.8 Å². The molecule has 0 aromatic carbocycles. The van der Waals surface area contributed by atoms with Crippen LogP contribution in [-0.2, 0) is 19.2 Å². The number of imide groups is 1. The summed E-state index contributed by atoms with van der Waals surface area (Å²) in [7, 11) is 0. The second-order valence-corrected chi connectivity index (χ2v) is 3.45. The van der Waals surface area contributed by atoms with Gasteiger partial charge in [0.15, 0.2) is 12.0 Å². The summed E-state index contributed by atoms with van der Waals surface area (Å²) in [4.78, 5) is 54.3. The maximum Gasteiger partial charge on any atom is 0.414 e. The Morgan fingerprint density at radius 3 is 1.67 bits per heavy atom. The average molecular weight is 261 g/mol. The van der Waals surface area contributed by atoms with E-state index in [0.29, 0.717) is 0 Å². The molecule has 0 aliphatic carbocycles. The number of carbonyl (C=O) groups is 5. The SMILES string of the molecule is O=C(O)C1C(=O)N(C(=O)O)C(C(=O)O)C1C(=O)O. The molecular formula is C8H7NO9. The first-order chi connectivity index (χ1) is 8.20. The van der Waals surface area contributed by atoms with E-state index in [1.54, 1.807) is 0 Å². The van der Waals surface area contributed by atoms with Crippen molar-refractivity contribution in [2.24, 2.45) is 11.8 Å². The number of amides is 2. The van der Waals surface area contributed by atoms with Gasteiger partial charge in [0.2, 0.25) is 5.91 Å². The summed E-state index contributed by atoms with van der Waals surface area (Å²) >= 11 is 0. The summed E-state index contributed by atoms with van der Waals surface area (Å²) in [6.07, 6.45) is -2.01. The summed E-state index contributed by atoms with van der Waals surface area (Å²) in [5, 5.41) is 34.9. The van der Waals surface area contributed by atoms with Gasteiger partial charge < -0.3 is 20.4 Å². The Kier molecular flexibility index (Phi) is 3.21. The second-order valence-electron chi connectivity index (χ2n) is 3.45. The Morgan fingerprint density at radius 1 is 0.889 bits per heavy atom. The van der Waals surface area contributed by atoms with Crippen LogP contribution in [0.4, 0.5) is 4.79 Å². The quantitative estimate of drug-likeness (QED) is 0.435. The third kappa shape index (κ3) is 1.83. The van der Waals surface area contributed by atoms with Gasteiger partial charge in [-0.3, -0.25) is 14.4 Å². The van der Waals surface area contributed by atoms with Crippen LogP contribution in [0.15, 0.2) is 0 Å². The minimum absolute atomic E-state index is 0.278. The summed E-state index contributed by atoms with van der Waals surface area (Å²) in [6.45, 7) is 0. The van der Waals surface area contributed by atoms with Crippen LogP contribution in [-0.4, -0.2) is 61.3 Å². The average Bonchev–Trinajstić information content (AvgIpc) is 2.51. The van der Waals surface area contributed by atoms with E-state index in [9.17, 15) is 24.0 Å². The molecule has 1 fully saturated rings. The number of nitrogens with zero attached hydrogens (tertiary/aromatic N) is 1. The molecule has 1 heterocycles. The van der Waals surface area contributed by atoms with Crippen molar-refractivity contribution in [3.05, 3.63) is 0 Å². The third-order valence-corrected chi connectivity index (χ3v) is 2.49. The minimum Gasteiger partial charge on any atom is -0.481 e. The van der Waals surface area contributed by atoms with Gasteiger partial charge in [0, 0.05) is 0 Å². The highest BCUT2D eigenvalue weighted by Gasteiger charge is 2.60. The fourth-order valence-electron chi connectivity index (χ4n) is 1.80. The van der Waals surface area contributed by atoms with Gasteiger partial charge in [0.25, 0.3) is 0 Å². The van der Waals surface area contributed by atoms with Crippen LogP contribution in [0.25, 0.3) is 0 Å². The van der Waals surface area contributed by atoms with Crippen LogP contribution < -0.4 is 0 Å². The Hall–Kier alpha value is -2.65. The Morgan fingerprint density at radius 2 is 1.39 bits per heavy atom. The monoisotopic (exact) mass is 261 g/mol. The molecule has 1 aliphatic heterocycles.